The van der Waals surface area contributed by atoms with Gasteiger partial charge < -0.3 is 19.3 Å². The molecule has 1 rings (SSSR count). The van der Waals surface area contributed by atoms with Gasteiger partial charge in [0.25, 0.3) is 0 Å². The van der Waals surface area contributed by atoms with Gasteiger partial charge in [-0.15, -0.1) is 0 Å². The number of hydrogen-bond donors (Lipinski definition) is 0. The molecule has 1 fully saturated rings. The molecule has 0 aromatic heterocycles. The number of ether oxygens (including phenoxy) is 2. The van der Waals surface area contributed by atoms with E-state index in [-0.39, 0.29) is 11.9 Å². The quantitative estimate of drug-likeness (QED) is 0.0446. The van der Waals surface area contributed by atoms with Gasteiger partial charge in [-0.25, -0.2) is 0 Å². The number of nitrogens with zero attached hydrogens (tertiary/aromatic N) is 2. The molecule has 0 aromatic rings. The van der Waals surface area contributed by atoms with Crippen molar-refractivity contribution in [2.45, 2.75) is 375 Å². The fourth-order valence-electron chi connectivity index (χ4n) is 12.0. The van der Waals surface area contributed by atoms with Crippen LogP contribution in [0.5, 0.6) is 0 Å². The molecule has 7 nitrogen and oxygen atoms in total. The second-order valence-corrected chi connectivity index (χ2v) is 24.6. The predicted molar refractivity (Wildman–Crippen MR) is 329 cm³/mol. The maximum Gasteiger partial charge on any atom is 0.305 e. The van der Waals surface area contributed by atoms with E-state index in [9.17, 15) is 14.4 Å². The molecule has 2 unspecified atom stereocenters. The van der Waals surface area contributed by atoms with Gasteiger partial charge in [0.15, 0.2) is 0 Å². The first-order valence-corrected chi connectivity index (χ1v) is 34.7. The molecular formula is C69H134N2O5. The molecule has 1 saturated heterocycles. The first-order chi connectivity index (χ1) is 37.4. The zero-order valence-corrected chi connectivity index (χ0v) is 52.2. The van der Waals surface area contributed by atoms with Gasteiger partial charge in [0.2, 0.25) is 5.91 Å². The maximum atomic E-state index is 14.2. The van der Waals surface area contributed by atoms with E-state index in [1.165, 1.54) is 276 Å². The van der Waals surface area contributed by atoms with Gasteiger partial charge in [-0.05, 0) is 109 Å². The second kappa shape index (κ2) is 56.6. The van der Waals surface area contributed by atoms with Crippen LogP contribution in [0.2, 0.25) is 0 Å². The van der Waals surface area contributed by atoms with Crippen molar-refractivity contribution in [3.05, 3.63) is 0 Å². The molecule has 0 radical (unpaired) electrons. The zero-order valence-electron chi connectivity index (χ0n) is 52.2. The highest BCUT2D eigenvalue weighted by molar-refractivity contribution is 5.76. The molecule has 2 atom stereocenters. The topological polar surface area (TPSA) is 76.2 Å². The fraction of sp³-hybridized carbons (Fsp3) is 0.957. The Hall–Kier alpha value is -1.63. The lowest BCUT2D eigenvalue weighted by Crippen LogP contribution is -2.41. The van der Waals surface area contributed by atoms with Crippen molar-refractivity contribution in [1.29, 1.82) is 0 Å². The lowest BCUT2D eigenvalue weighted by Gasteiger charge is -2.33. The SMILES string of the molecule is CCCCCCCCCCN(C(=O)CCCN1CCCC1)C(CCCCCCCCC(=O)OCC(CCCCCC)CCCCCCCC)CCCCCCCCC(=O)OCC(CCCCCC)CCCCCCCC. The number of esters is 2. The number of amides is 1. The summed E-state index contributed by atoms with van der Waals surface area (Å²) in [6, 6.07) is 0.335. The minimum atomic E-state index is 0.0108. The number of rotatable bonds is 60. The number of likely N-dealkylation sites (tertiary alicyclic amines) is 1. The molecule has 0 saturated carbocycles. The van der Waals surface area contributed by atoms with E-state index in [2.05, 4.69) is 44.4 Å². The van der Waals surface area contributed by atoms with Gasteiger partial charge in [-0.3, -0.25) is 14.4 Å². The smallest absolute Gasteiger partial charge is 0.305 e. The number of unbranched alkanes of at least 4 members (excludes halogenated alkanes) is 33. The highest BCUT2D eigenvalue weighted by Gasteiger charge is 2.24. The van der Waals surface area contributed by atoms with Gasteiger partial charge in [0.05, 0.1) is 13.2 Å². The summed E-state index contributed by atoms with van der Waals surface area (Å²) in [6.45, 7) is 17.0. The Labute approximate surface area is 475 Å². The summed E-state index contributed by atoms with van der Waals surface area (Å²) in [6.07, 6.45) is 62.4. The third-order valence-corrected chi connectivity index (χ3v) is 17.2. The Morgan fingerprint density at radius 1 is 0.355 bits per heavy atom. The van der Waals surface area contributed by atoms with Crippen LogP contribution >= 0.6 is 0 Å². The number of carbonyl (C=O) groups is 3. The highest BCUT2D eigenvalue weighted by atomic mass is 16.5. The van der Waals surface area contributed by atoms with Crippen LogP contribution in [-0.4, -0.2) is 73.1 Å². The molecular weight excluding hydrogens is 937 g/mol. The standard InChI is InChI=1S/C69H134N2O5/c1-6-11-16-21-24-29-36-45-61-71(67(72)55-48-60-70-58-46-47-59-70)66(53-41-32-25-27-34-43-56-68(73)75-62-64(49-37-19-14-9-4)51-39-30-22-17-12-7-2)54-42-33-26-28-35-44-57-69(74)76-63-65(50-38-20-15-10-5)52-40-31-23-18-13-8-3/h64-66H,6-63H2,1-5H3. The minimum absolute atomic E-state index is 0.0108. The Bertz CT molecular complexity index is 1170. The van der Waals surface area contributed by atoms with E-state index in [4.69, 9.17) is 9.47 Å². The van der Waals surface area contributed by atoms with Gasteiger partial charge in [0, 0.05) is 31.8 Å². The highest BCUT2D eigenvalue weighted by Crippen LogP contribution is 2.25. The van der Waals surface area contributed by atoms with Crippen LogP contribution < -0.4 is 0 Å². The van der Waals surface area contributed by atoms with Crippen LogP contribution in [0.25, 0.3) is 0 Å². The molecule has 0 bridgehead atoms. The third-order valence-electron chi connectivity index (χ3n) is 17.2. The lowest BCUT2D eigenvalue weighted by molar-refractivity contribution is -0.146. The van der Waals surface area contributed by atoms with Gasteiger partial charge in [-0.2, -0.15) is 0 Å². The molecule has 7 heteroatoms. The number of hydrogen-bond acceptors (Lipinski definition) is 6. The van der Waals surface area contributed by atoms with Crippen LogP contribution in [0, 0.1) is 11.8 Å². The summed E-state index contributed by atoms with van der Waals surface area (Å²) >= 11 is 0. The molecule has 450 valence electrons. The summed E-state index contributed by atoms with van der Waals surface area (Å²) in [5, 5.41) is 0. The van der Waals surface area contributed by atoms with E-state index < -0.39 is 0 Å². The molecule has 0 aliphatic carbocycles. The Kier molecular flexibility index (Phi) is 53.9. The van der Waals surface area contributed by atoms with Crippen molar-refractivity contribution in [3.63, 3.8) is 0 Å². The summed E-state index contributed by atoms with van der Waals surface area (Å²) in [5.41, 5.74) is 0. The molecule has 76 heavy (non-hydrogen) atoms. The van der Waals surface area contributed by atoms with E-state index in [0.717, 1.165) is 64.5 Å². The van der Waals surface area contributed by atoms with Crippen LogP contribution in [-0.2, 0) is 23.9 Å². The van der Waals surface area contributed by atoms with Crippen LogP contribution in [0.15, 0.2) is 0 Å². The Balaban J connectivity index is 2.69. The monoisotopic (exact) mass is 1070 g/mol. The second-order valence-electron chi connectivity index (χ2n) is 24.6. The van der Waals surface area contributed by atoms with E-state index in [0.29, 0.717) is 56.3 Å². The largest absolute Gasteiger partial charge is 0.465 e. The van der Waals surface area contributed by atoms with Crippen LogP contribution in [0.3, 0.4) is 0 Å². The minimum Gasteiger partial charge on any atom is -0.465 e. The van der Waals surface area contributed by atoms with Crippen molar-refractivity contribution in [3.8, 4) is 0 Å². The summed E-state index contributed by atoms with van der Waals surface area (Å²) in [7, 11) is 0. The Morgan fingerprint density at radius 2 is 0.658 bits per heavy atom. The van der Waals surface area contributed by atoms with E-state index in [1.807, 2.05) is 0 Å². The summed E-state index contributed by atoms with van der Waals surface area (Å²) in [4.78, 5) is 44.9. The molecule has 1 aliphatic heterocycles. The summed E-state index contributed by atoms with van der Waals surface area (Å²) in [5.74, 6) is 1.48. The van der Waals surface area contributed by atoms with Crippen molar-refractivity contribution < 1.29 is 23.9 Å². The molecule has 1 heterocycles. The zero-order chi connectivity index (χ0) is 55.0. The third kappa shape index (κ3) is 46.2. The first-order valence-electron chi connectivity index (χ1n) is 34.7. The normalized spacial score (nSPS) is 14.1. The molecule has 0 spiro atoms. The van der Waals surface area contributed by atoms with Gasteiger partial charge >= 0.3 is 11.9 Å². The summed E-state index contributed by atoms with van der Waals surface area (Å²) < 4.78 is 11.8. The van der Waals surface area contributed by atoms with E-state index in [1.54, 1.807) is 0 Å². The first kappa shape index (κ1) is 72.4. The molecule has 1 aliphatic rings. The van der Waals surface area contributed by atoms with Crippen molar-refractivity contribution >= 4 is 17.8 Å². The molecule has 0 aromatic carbocycles. The Morgan fingerprint density at radius 3 is 1.03 bits per heavy atom. The number of carbonyl (C=O) groups excluding carboxylic acids is 3. The van der Waals surface area contributed by atoms with Crippen LogP contribution in [0.4, 0.5) is 0 Å². The predicted octanol–water partition coefficient (Wildman–Crippen LogP) is 21.2. The van der Waals surface area contributed by atoms with E-state index >= 15 is 0 Å². The van der Waals surface area contributed by atoms with Crippen molar-refractivity contribution in [1.82, 2.24) is 9.80 Å². The fourth-order valence-corrected chi connectivity index (χ4v) is 12.0. The van der Waals surface area contributed by atoms with Crippen molar-refractivity contribution in [2.75, 3.05) is 39.4 Å². The lowest BCUT2D eigenvalue weighted by atomic mass is 9.95. The van der Waals surface area contributed by atoms with Crippen LogP contribution in [0.1, 0.15) is 369 Å². The van der Waals surface area contributed by atoms with Crippen molar-refractivity contribution in [2.24, 2.45) is 11.8 Å². The molecule has 1 amide bonds. The maximum absolute atomic E-state index is 14.2. The average Bonchev–Trinajstić information content (AvgIpc) is 3.95. The molecule has 0 N–H and O–H groups in total. The van der Waals surface area contributed by atoms with Gasteiger partial charge in [-0.1, -0.05) is 272 Å². The average molecular weight is 1070 g/mol. The van der Waals surface area contributed by atoms with Gasteiger partial charge in [0.1, 0.15) is 0 Å².